The van der Waals surface area contributed by atoms with E-state index in [2.05, 4.69) is 44.4 Å². The van der Waals surface area contributed by atoms with E-state index in [9.17, 15) is 4.79 Å². The first-order valence-electron chi connectivity index (χ1n) is 6.09. The molecule has 4 heteroatoms. The van der Waals surface area contributed by atoms with Crippen LogP contribution in [-0.4, -0.2) is 18.5 Å². The van der Waals surface area contributed by atoms with E-state index in [1.165, 1.54) is 15.3 Å². The zero-order valence-corrected chi connectivity index (χ0v) is 11.9. The third-order valence-corrected chi connectivity index (χ3v) is 4.05. The SMILES string of the molecule is CCC(C)NCC(=O)NCc1cc(C)c(C)s1. The van der Waals surface area contributed by atoms with Crippen molar-refractivity contribution >= 4 is 17.2 Å². The van der Waals surface area contributed by atoms with E-state index in [1.54, 1.807) is 11.3 Å². The highest BCUT2D eigenvalue weighted by molar-refractivity contribution is 7.12. The number of thiophene rings is 1. The quantitative estimate of drug-likeness (QED) is 0.818. The standard InChI is InChI=1S/C13H22N2OS/c1-5-10(3)14-8-13(16)15-7-12-6-9(2)11(4)17-12/h6,10,14H,5,7-8H2,1-4H3,(H,15,16). The van der Waals surface area contributed by atoms with Crippen molar-refractivity contribution in [1.82, 2.24) is 10.6 Å². The molecule has 0 radical (unpaired) electrons. The fourth-order valence-corrected chi connectivity index (χ4v) is 2.39. The van der Waals surface area contributed by atoms with E-state index in [0.717, 1.165) is 6.42 Å². The molecule has 0 spiro atoms. The van der Waals surface area contributed by atoms with Crippen LogP contribution in [0.3, 0.4) is 0 Å². The molecule has 0 saturated carbocycles. The maximum Gasteiger partial charge on any atom is 0.234 e. The maximum atomic E-state index is 11.6. The largest absolute Gasteiger partial charge is 0.350 e. The molecule has 0 fully saturated rings. The van der Waals surface area contributed by atoms with Gasteiger partial charge in [-0.05, 0) is 38.8 Å². The second-order valence-electron chi connectivity index (χ2n) is 4.42. The first-order valence-corrected chi connectivity index (χ1v) is 6.90. The topological polar surface area (TPSA) is 41.1 Å². The smallest absolute Gasteiger partial charge is 0.234 e. The van der Waals surface area contributed by atoms with Crippen LogP contribution in [0.2, 0.25) is 0 Å². The van der Waals surface area contributed by atoms with E-state index in [4.69, 9.17) is 0 Å². The van der Waals surface area contributed by atoms with Gasteiger partial charge in [-0.2, -0.15) is 0 Å². The summed E-state index contributed by atoms with van der Waals surface area (Å²) in [5, 5.41) is 6.10. The summed E-state index contributed by atoms with van der Waals surface area (Å²) in [6.45, 7) is 9.43. The van der Waals surface area contributed by atoms with Gasteiger partial charge in [-0.3, -0.25) is 4.79 Å². The number of hydrogen-bond acceptors (Lipinski definition) is 3. The van der Waals surface area contributed by atoms with Gasteiger partial charge < -0.3 is 10.6 Å². The molecule has 1 unspecified atom stereocenters. The molecule has 3 nitrogen and oxygen atoms in total. The van der Waals surface area contributed by atoms with Gasteiger partial charge in [0.15, 0.2) is 0 Å². The van der Waals surface area contributed by atoms with Gasteiger partial charge in [0.05, 0.1) is 13.1 Å². The lowest BCUT2D eigenvalue weighted by molar-refractivity contribution is -0.120. The van der Waals surface area contributed by atoms with Crippen molar-refractivity contribution in [3.8, 4) is 0 Å². The number of nitrogens with one attached hydrogen (secondary N) is 2. The third-order valence-electron chi connectivity index (χ3n) is 2.90. The number of amides is 1. The average Bonchev–Trinajstić information content (AvgIpc) is 2.63. The predicted molar refractivity (Wildman–Crippen MR) is 73.4 cm³/mol. The molecule has 0 saturated heterocycles. The molecule has 96 valence electrons. The molecular formula is C13H22N2OS. The van der Waals surface area contributed by atoms with Gasteiger partial charge in [-0.15, -0.1) is 11.3 Å². The van der Waals surface area contributed by atoms with Gasteiger partial charge >= 0.3 is 0 Å². The Morgan fingerprint density at radius 3 is 2.71 bits per heavy atom. The highest BCUT2D eigenvalue weighted by Crippen LogP contribution is 2.20. The molecule has 0 aliphatic carbocycles. The first kappa shape index (κ1) is 14.2. The zero-order valence-electron chi connectivity index (χ0n) is 11.1. The lowest BCUT2D eigenvalue weighted by atomic mass is 10.2. The molecule has 0 bridgehead atoms. The summed E-state index contributed by atoms with van der Waals surface area (Å²) in [6.07, 6.45) is 1.04. The molecule has 0 aliphatic heterocycles. The first-order chi connectivity index (χ1) is 8.02. The van der Waals surface area contributed by atoms with Crippen LogP contribution in [0.1, 0.15) is 35.6 Å². The second-order valence-corrected chi connectivity index (χ2v) is 5.76. The molecule has 2 N–H and O–H groups in total. The normalized spacial score (nSPS) is 12.5. The van der Waals surface area contributed by atoms with Crippen LogP contribution in [0, 0.1) is 13.8 Å². The Morgan fingerprint density at radius 2 is 2.18 bits per heavy atom. The van der Waals surface area contributed by atoms with Crippen molar-refractivity contribution in [2.24, 2.45) is 0 Å². The molecule has 0 aliphatic rings. The molecule has 1 heterocycles. The number of rotatable bonds is 6. The fraction of sp³-hybridized carbons (Fsp3) is 0.615. The van der Waals surface area contributed by atoms with Crippen molar-refractivity contribution in [2.75, 3.05) is 6.54 Å². The van der Waals surface area contributed by atoms with Gasteiger partial charge in [-0.1, -0.05) is 6.92 Å². The Morgan fingerprint density at radius 1 is 1.47 bits per heavy atom. The van der Waals surface area contributed by atoms with Crippen LogP contribution >= 0.6 is 11.3 Å². The summed E-state index contributed by atoms with van der Waals surface area (Å²) in [4.78, 5) is 14.1. The summed E-state index contributed by atoms with van der Waals surface area (Å²) in [5.74, 6) is 0.0639. The Bertz CT molecular complexity index is 354. The van der Waals surface area contributed by atoms with Crippen LogP contribution in [0.25, 0.3) is 0 Å². The highest BCUT2D eigenvalue weighted by atomic mass is 32.1. The van der Waals surface area contributed by atoms with E-state index < -0.39 is 0 Å². The van der Waals surface area contributed by atoms with Crippen molar-refractivity contribution in [2.45, 2.75) is 46.7 Å². The summed E-state index contributed by atoms with van der Waals surface area (Å²) in [5.41, 5.74) is 1.30. The molecule has 1 aromatic rings. The van der Waals surface area contributed by atoms with Crippen molar-refractivity contribution < 1.29 is 4.79 Å². The average molecular weight is 254 g/mol. The Labute approximate surface area is 108 Å². The monoisotopic (exact) mass is 254 g/mol. The summed E-state index contributed by atoms with van der Waals surface area (Å²) < 4.78 is 0. The lowest BCUT2D eigenvalue weighted by Gasteiger charge is -2.10. The number of hydrogen-bond donors (Lipinski definition) is 2. The van der Waals surface area contributed by atoms with Crippen LogP contribution < -0.4 is 10.6 Å². The minimum Gasteiger partial charge on any atom is -0.350 e. The van der Waals surface area contributed by atoms with E-state index in [0.29, 0.717) is 19.1 Å². The van der Waals surface area contributed by atoms with Crippen LogP contribution in [-0.2, 0) is 11.3 Å². The van der Waals surface area contributed by atoms with Gasteiger partial charge in [0.1, 0.15) is 0 Å². The van der Waals surface area contributed by atoms with Gasteiger partial charge in [0, 0.05) is 15.8 Å². The molecule has 0 aromatic carbocycles. The summed E-state index contributed by atoms with van der Waals surface area (Å²) in [7, 11) is 0. The second kappa shape index (κ2) is 6.77. The number of aryl methyl sites for hydroxylation is 2. The van der Waals surface area contributed by atoms with E-state index >= 15 is 0 Å². The van der Waals surface area contributed by atoms with Crippen LogP contribution in [0.5, 0.6) is 0 Å². The van der Waals surface area contributed by atoms with Crippen LogP contribution in [0.4, 0.5) is 0 Å². The Balaban J connectivity index is 2.28. The summed E-state index contributed by atoms with van der Waals surface area (Å²) >= 11 is 1.75. The molecule has 1 amide bonds. The van der Waals surface area contributed by atoms with Crippen molar-refractivity contribution in [3.63, 3.8) is 0 Å². The number of carbonyl (C=O) groups is 1. The van der Waals surface area contributed by atoms with Crippen LogP contribution in [0.15, 0.2) is 6.07 Å². The maximum absolute atomic E-state index is 11.6. The highest BCUT2D eigenvalue weighted by Gasteiger charge is 2.05. The Kier molecular flexibility index (Phi) is 5.65. The minimum absolute atomic E-state index is 0.0639. The fourth-order valence-electron chi connectivity index (χ4n) is 1.40. The molecule has 1 aromatic heterocycles. The molecular weight excluding hydrogens is 232 g/mol. The van der Waals surface area contributed by atoms with Gasteiger partial charge in [0.2, 0.25) is 5.91 Å². The van der Waals surface area contributed by atoms with E-state index in [-0.39, 0.29) is 5.91 Å². The molecule has 1 rings (SSSR count). The lowest BCUT2D eigenvalue weighted by Crippen LogP contribution is -2.37. The predicted octanol–water partition coefficient (Wildman–Crippen LogP) is 2.37. The number of carbonyl (C=O) groups excluding carboxylic acids is 1. The van der Waals surface area contributed by atoms with Crippen molar-refractivity contribution in [1.29, 1.82) is 0 Å². The minimum atomic E-state index is 0.0639. The molecule has 1 atom stereocenters. The van der Waals surface area contributed by atoms with Gasteiger partial charge in [0.25, 0.3) is 0 Å². The third kappa shape index (κ3) is 4.88. The van der Waals surface area contributed by atoms with E-state index in [1.807, 2.05) is 0 Å². The van der Waals surface area contributed by atoms with Gasteiger partial charge in [-0.25, -0.2) is 0 Å². The Hall–Kier alpha value is -0.870. The summed E-state index contributed by atoms with van der Waals surface area (Å²) in [6, 6.07) is 2.54. The van der Waals surface area contributed by atoms with Crippen molar-refractivity contribution in [3.05, 3.63) is 21.4 Å². The zero-order chi connectivity index (χ0) is 12.8. The molecule has 17 heavy (non-hydrogen) atoms.